The number of benzene rings is 1. The van der Waals surface area contributed by atoms with Crippen LogP contribution in [0.25, 0.3) is 33.5 Å². The van der Waals surface area contributed by atoms with Crippen molar-refractivity contribution in [2.45, 2.75) is 31.6 Å². The number of nitrogens with two attached hydrogens (primary N) is 1. The van der Waals surface area contributed by atoms with Crippen molar-refractivity contribution >= 4 is 28.3 Å². The molecule has 0 bridgehead atoms. The zero-order valence-electron chi connectivity index (χ0n) is 16.1. The maximum absolute atomic E-state index is 6.56. The molecule has 3 aromatic heterocycles. The van der Waals surface area contributed by atoms with E-state index in [0.717, 1.165) is 46.4 Å². The highest BCUT2D eigenvalue weighted by Crippen LogP contribution is 2.39. The standard InChI is InChI=1S/C22H21ClN6/c1-29-10-8-17(28-29)21-19(26-20(22(24)27-21)13-5-2-3-6-13)15-11-14-7-4-9-25-18(14)16(23)12-15/h4,7-13H,2-3,5-6H2,1H3,(H2,24,27). The van der Waals surface area contributed by atoms with Crippen LogP contribution in [0.2, 0.25) is 5.02 Å². The van der Waals surface area contributed by atoms with E-state index in [-0.39, 0.29) is 0 Å². The van der Waals surface area contributed by atoms with Crippen molar-refractivity contribution in [2.24, 2.45) is 7.05 Å². The predicted octanol–water partition coefficient (Wildman–Crippen LogP) is 4.99. The summed E-state index contributed by atoms with van der Waals surface area (Å²) in [6.07, 6.45) is 8.24. The molecule has 2 N–H and O–H groups in total. The van der Waals surface area contributed by atoms with Crippen LogP contribution in [-0.2, 0) is 7.05 Å². The third kappa shape index (κ3) is 3.23. The number of nitrogens with zero attached hydrogens (tertiary/aromatic N) is 5. The summed E-state index contributed by atoms with van der Waals surface area (Å²) in [4.78, 5) is 14.2. The van der Waals surface area contributed by atoms with Crippen molar-refractivity contribution in [1.82, 2.24) is 24.7 Å². The number of aryl methyl sites for hydroxylation is 1. The van der Waals surface area contributed by atoms with Crippen LogP contribution in [0.4, 0.5) is 5.82 Å². The van der Waals surface area contributed by atoms with Crippen LogP contribution in [0.5, 0.6) is 0 Å². The summed E-state index contributed by atoms with van der Waals surface area (Å²) in [6, 6.07) is 9.79. The molecule has 5 rings (SSSR count). The SMILES string of the molecule is Cn1ccc(-c2nc(N)c(C3CCCC3)nc2-c2cc(Cl)c3ncccc3c2)n1. The second kappa shape index (κ2) is 7.12. The van der Waals surface area contributed by atoms with Gasteiger partial charge in [-0.25, -0.2) is 9.97 Å². The van der Waals surface area contributed by atoms with Gasteiger partial charge in [0.2, 0.25) is 0 Å². The van der Waals surface area contributed by atoms with Crippen molar-refractivity contribution in [1.29, 1.82) is 0 Å². The molecule has 0 aliphatic heterocycles. The van der Waals surface area contributed by atoms with E-state index in [1.54, 1.807) is 10.9 Å². The molecule has 3 heterocycles. The Morgan fingerprint density at radius 2 is 1.93 bits per heavy atom. The maximum atomic E-state index is 6.56. The number of hydrogen-bond donors (Lipinski definition) is 1. The molecule has 0 atom stereocenters. The van der Waals surface area contributed by atoms with Crippen LogP contribution < -0.4 is 5.73 Å². The Morgan fingerprint density at radius 1 is 1.10 bits per heavy atom. The second-order valence-electron chi connectivity index (χ2n) is 7.58. The van der Waals surface area contributed by atoms with E-state index in [9.17, 15) is 0 Å². The zero-order valence-corrected chi connectivity index (χ0v) is 16.9. The van der Waals surface area contributed by atoms with Crippen LogP contribution in [0.15, 0.2) is 42.7 Å². The molecule has 1 saturated carbocycles. The first-order valence-corrected chi connectivity index (χ1v) is 10.2. The number of nitrogen functional groups attached to an aromatic ring is 1. The molecule has 1 aromatic carbocycles. The number of pyridine rings is 1. The fraction of sp³-hybridized carbons (Fsp3) is 0.273. The van der Waals surface area contributed by atoms with E-state index >= 15 is 0 Å². The molecule has 146 valence electrons. The van der Waals surface area contributed by atoms with E-state index in [1.807, 2.05) is 37.5 Å². The Kier molecular flexibility index (Phi) is 4.43. The normalized spacial score (nSPS) is 14.7. The van der Waals surface area contributed by atoms with Crippen molar-refractivity contribution in [2.75, 3.05) is 5.73 Å². The third-order valence-electron chi connectivity index (χ3n) is 5.58. The van der Waals surface area contributed by atoms with Gasteiger partial charge in [0.15, 0.2) is 0 Å². The highest BCUT2D eigenvalue weighted by Gasteiger charge is 2.25. The lowest BCUT2D eigenvalue weighted by atomic mass is 10.0. The molecule has 4 aromatic rings. The predicted molar refractivity (Wildman–Crippen MR) is 116 cm³/mol. The first kappa shape index (κ1) is 18.1. The van der Waals surface area contributed by atoms with Gasteiger partial charge in [-0.3, -0.25) is 9.67 Å². The van der Waals surface area contributed by atoms with Gasteiger partial charge in [-0.15, -0.1) is 0 Å². The van der Waals surface area contributed by atoms with Gasteiger partial charge in [0, 0.05) is 36.3 Å². The molecule has 7 heteroatoms. The largest absolute Gasteiger partial charge is 0.382 e. The molecule has 1 fully saturated rings. The summed E-state index contributed by atoms with van der Waals surface area (Å²) >= 11 is 6.56. The van der Waals surface area contributed by atoms with Crippen molar-refractivity contribution in [3.05, 3.63) is 53.4 Å². The highest BCUT2D eigenvalue weighted by atomic mass is 35.5. The molecule has 0 radical (unpaired) electrons. The van der Waals surface area contributed by atoms with Crippen molar-refractivity contribution < 1.29 is 0 Å². The molecule has 6 nitrogen and oxygen atoms in total. The minimum atomic E-state index is 0.358. The van der Waals surface area contributed by atoms with Gasteiger partial charge in [0.05, 0.1) is 21.9 Å². The Balaban J connectivity index is 1.76. The van der Waals surface area contributed by atoms with Crippen LogP contribution >= 0.6 is 11.6 Å². The third-order valence-corrected chi connectivity index (χ3v) is 5.87. The smallest absolute Gasteiger partial charge is 0.146 e. The Labute approximate surface area is 173 Å². The summed E-state index contributed by atoms with van der Waals surface area (Å²) in [6.45, 7) is 0. The first-order valence-electron chi connectivity index (χ1n) is 9.82. The number of fused-ring (bicyclic) bond motifs is 1. The fourth-order valence-corrected chi connectivity index (χ4v) is 4.44. The lowest BCUT2D eigenvalue weighted by Gasteiger charge is -2.16. The monoisotopic (exact) mass is 404 g/mol. The summed E-state index contributed by atoms with van der Waals surface area (Å²) in [5.41, 5.74) is 11.1. The van der Waals surface area contributed by atoms with Crippen molar-refractivity contribution in [3.63, 3.8) is 0 Å². The topological polar surface area (TPSA) is 82.5 Å². The molecule has 1 aliphatic rings. The summed E-state index contributed by atoms with van der Waals surface area (Å²) in [7, 11) is 1.88. The molecule has 0 unspecified atom stereocenters. The van der Waals surface area contributed by atoms with Crippen LogP contribution in [0.1, 0.15) is 37.3 Å². The molecule has 0 saturated heterocycles. The number of rotatable bonds is 3. The van der Waals surface area contributed by atoms with Gasteiger partial charge in [-0.05, 0) is 37.1 Å². The quantitative estimate of drug-likeness (QED) is 0.520. The number of halogens is 1. The van der Waals surface area contributed by atoms with E-state index in [0.29, 0.717) is 22.5 Å². The fourth-order valence-electron chi connectivity index (χ4n) is 4.17. The van der Waals surface area contributed by atoms with E-state index in [1.165, 1.54) is 12.8 Å². The van der Waals surface area contributed by atoms with Gasteiger partial charge < -0.3 is 5.73 Å². The molecular formula is C22H21ClN6. The Hall–Kier alpha value is -2.99. The van der Waals surface area contributed by atoms with E-state index in [2.05, 4.69) is 16.1 Å². The van der Waals surface area contributed by atoms with E-state index in [4.69, 9.17) is 27.3 Å². The van der Waals surface area contributed by atoms with Crippen LogP contribution in [0, 0.1) is 0 Å². The number of aromatic nitrogens is 5. The zero-order chi connectivity index (χ0) is 20.0. The average Bonchev–Trinajstić information content (AvgIpc) is 3.39. The van der Waals surface area contributed by atoms with E-state index < -0.39 is 0 Å². The molecule has 1 aliphatic carbocycles. The minimum absolute atomic E-state index is 0.358. The summed E-state index contributed by atoms with van der Waals surface area (Å²) in [5.74, 6) is 0.853. The van der Waals surface area contributed by atoms with Gasteiger partial charge in [0.25, 0.3) is 0 Å². The molecule has 0 spiro atoms. The molecule has 29 heavy (non-hydrogen) atoms. The summed E-state index contributed by atoms with van der Waals surface area (Å²) < 4.78 is 1.75. The lowest BCUT2D eigenvalue weighted by molar-refractivity contribution is 0.697. The average molecular weight is 405 g/mol. The second-order valence-corrected chi connectivity index (χ2v) is 7.99. The molecule has 0 amide bonds. The maximum Gasteiger partial charge on any atom is 0.146 e. The first-order chi connectivity index (χ1) is 14.1. The highest BCUT2D eigenvalue weighted by molar-refractivity contribution is 6.35. The van der Waals surface area contributed by atoms with Crippen LogP contribution in [0.3, 0.4) is 0 Å². The van der Waals surface area contributed by atoms with Gasteiger partial charge in [0.1, 0.15) is 17.2 Å². The van der Waals surface area contributed by atoms with Crippen LogP contribution in [-0.4, -0.2) is 24.7 Å². The minimum Gasteiger partial charge on any atom is -0.382 e. The molecular weight excluding hydrogens is 384 g/mol. The number of anilines is 1. The number of hydrogen-bond acceptors (Lipinski definition) is 5. The van der Waals surface area contributed by atoms with Gasteiger partial charge in [-0.2, -0.15) is 5.10 Å². The Morgan fingerprint density at radius 3 is 2.69 bits per heavy atom. The van der Waals surface area contributed by atoms with Crippen molar-refractivity contribution in [3.8, 4) is 22.6 Å². The van der Waals surface area contributed by atoms with Gasteiger partial charge >= 0.3 is 0 Å². The lowest BCUT2D eigenvalue weighted by Crippen LogP contribution is -2.08. The summed E-state index contributed by atoms with van der Waals surface area (Å²) in [5, 5.41) is 6.08. The Bertz CT molecular complexity index is 1210. The van der Waals surface area contributed by atoms with Gasteiger partial charge in [-0.1, -0.05) is 30.5 Å².